The van der Waals surface area contributed by atoms with Crippen molar-refractivity contribution in [3.05, 3.63) is 84.3 Å². The Labute approximate surface area is 168 Å². The van der Waals surface area contributed by atoms with Crippen LogP contribution in [0.5, 0.6) is 0 Å². The van der Waals surface area contributed by atoms with Crippen LogP contribution in [0, 0.1) is 5.82 Å². The predicted molar refractivity (Wildman–Crippen MR) is 110 cm³/mol. The van der Waals surface area contributed by atoms with Crippen molar-refractivity contribution in [1.29, 1.82) is 0 Å². The third kappa shape index (κ3) is 3.76. The molecule has 1 fully saturated rings. The van der Waals surface area contributed by atoms with Gasteiger partial charge in [0, 0.05) is 54.3 Å². The van der Waals surface area contributed by atoms with Crippen LogP contribution in [0.25, 0.3) is 16.8 Å². The van der Waals surface area contributed by atoms with Crippen LogP contribution in [-0.2, 0) is 6.54 Å². The van der Waals surface area contributed by atoms with E-state index in [0.717, 1.165) is 54.1 Å². The Balaban J connectivity index is 1.36. The number of piperidine rings is 1. The highest BCUT2D eigenvalue weighted by Crippen LogP contribution is 2.27. The summed E-state index contributed by atoms with van der Waals surface area (Å²) in [5, 5.41) is 4.77. The van der Waals surface area contributed by atoms with E-state index >= 15 is 0 Å². The number of benzene rings is 1. The fourth-order valence-corrected chi connectivity index (χ4v) is 4.05. The number of halogens is 1. The number of likely N-dealkylation sites (tertiary alicyclic amines) is 1. The molecule has 5 nitrogen and oxygen atoms in total. The Hall–Kier alpha value is -3.12. The van der Waals surface area contributed by atoms with E-state index in [1.165, 1.54) is 6.07 Å². The molecule has 0 amide bonds. The zero-order valence-corrected chi connectivity index (χ0v) is 16.1. The number of fused-ring (bicyclic) bond motifs is 1. The highest BCUT2D eigenvalue weighted by molar-refractivity contribution is 5.63. The van der Waals surface area contributed by atoms with Gasteiger partial charge in [-0.05, 0) is 43.7 Å². The van der Waals surface area contributed by atoms with Gasteiger partial charge in [0.25, 0.3) is 0 Å². The van der Waals surface area contributed by atoms with E-state index in [2.05, 4.69) is 16.0 Å². The lowest BCUT2D eigenvalue weighted by Crippen LogP contribution is -2.34. The molecule has 0 spiro atoms. The smallest absolute Gasteiger partial charge is 0.156 e. The van der Waals surface area contributed by atoms with Crippen LogP contribution in [0.1, 0.15) is 30.1 Å². The molecule has 0 bridgehead atoms. The van der Waals surface area contributed by atoms with E-state index in [0.29, 0.717) is 6.54 Å². The molecule has 3 aromatic heterocycles. The van der Waals surface area contributed by atoms with Crippen LogP contribution in [0.3, 0.4) is 0 Å². The van der Waals surface area contributed by atoms with Crippen LogP contribution in [-0.4, -0.2) is 37.6 Å². The predicted octanol–water partition coefficient (Wildman–Crippen LogP) is 4.31. The van der Waals surface area contributed by atoms with Crippen molar-refractivity contribution in [2.24, 2.45) is 0 Å². The number of aromatic nitrogens is 4. The summed E-state index contributed by atoms with van der Waals surface area (Å²) in [6.45, 7) is 2.45. The molecule has 29 heavy (non-hydrogen) atoms. The number of hydrogen-bond acceptors (Lipinski definition) is 4. The van der Waals surface area contributed by atoms with Crippen molar-refractivity contribution in [1.82, 2.24) is 24.5 Å². The van der Waals surface area contributed by atoms with Crippen LogP contribution in [0.4, 0.5) is 4.39 Å². The molecule has 6 heteroatoms. The van der Waals surface area contributed by atoms with Gasteiger partial charge in [0.1, 0.15) is 5.82 Å². The highest BCUT2D eigenvalue weighted by Gasteiger charge is 2.25. The first-order valence-corrected chi connectivity index (χ1v) is 9.99. The number of rotatable bonds is 4. The average Bonchev–Trinajstić information content (AvgIpc) is 3.20. The summed E-state index contributed by atoms with van der Waals surface area (Å²) in [7, 11) is 0. The van der Waals surface area contributed by atoms with Crippen molar-refractivity contribution in [2.75, 3.05) is 13.1 Å². The van der Waals surface area contributed by atoms with Crippen LogP contribution in [0.15, 0.2) is 67.1 Å². The second kappa shape index (κ2) is 7.72. The fourth-order valence-electron chi connectivity index (χ4n) is 4.05. The zero-order chi connectivity index (χ0) is 19.6. The van der Waals surface area contributed by atoms with Gasteiger partial charge in [-0.2, -0.15) is 5.10 Å². The Morgan fingerprint density at radius 2 is 1.97 bits per heavy atom. The third-order valence-electron chi connectivity index (χ3n) is 5.56. The van der Waals surface area contributed by atoms with E-state index in [9.17, 15) is 4.39 Å². The molecule has 0 N–H and O–H groups in total. The minimum Gasteiger partial charge on any atom is -0.298 e. The Kier molecular flexibility index (Phi) is 4.77. The Morgan fingerprint density at radius 1 is 1.03 bits per heavy atom. The summed E-state index contributed by atoms with van der Waals surface area (Å²) in [4.78, 5) is 11.3. The van der Waals surface area contributed by atoms with E-state index < -0.39 is 0 Å². The first-order chi connectivity index (χ1) is 14.3. The van der Waals surface area contributed by atoms with Crippen molar-refractivity contribution < 1.29 is 4.39 Å². The minimum absolute atomic E-state index is 0.136. The molecule has 4 heterocycles. The molecule has 5 rings (SSSR count). The lowest BCUT2D eigenvalue weighted by atomic mass is 9.97. The standard InChI is InChI=1S/C23H22FN5/c24-21-8-2-1-5-19(21)14-28-12-4-7-20(15-28)23-26-22-10-9-18(16-29(22)27-23)17-6-3-11-25-13-17/h1-3,5-6,8-11,13,16,20H,4,7,12,14-15H2/t20-/m1/s1. The molecule has 1 aliphatic rings. The van der Waals surface area contributed by atoms with Crippen LogP contribution >= 0.6 is 0 Å². The van der Waals surface area contributed by atoms with Gasteiger partial charge in [0.2, 0.25) is 0 Å². The van der Waals surface area contributed by atoms with Crippen molar-refractivity contribution in [2.45, 2.75) is 25.3 Å². The van der Waals surface area contributed by atoms with Gasteiger partial charge in [0.15, 0.2) is 11.5 Å². The minimum atomic E-state index is -0.136. The first kappa shape index (κ1) is 17.9. The second-order valence-electron chi connectivity index (χ2n) is 7.60. The highest BCUT2D eigenvalue weighted by atomic mass is 19.1. The van der Waals surface area contributed by atoms with E-state index in [1.54, 1.807) is 12.3 Å². The zero-order valence-electron chi connectivity index (χ0n) is 16.1. The van der Waals surface area contributed by atoms with E-state index in [4.69, 9.17) is 10.1 Å². The van der Waals surface area contributed by atoms with Gasteiger partial charge in [-0.1, -0.05) is 24.3 Å². The summed E-state index contributed by atoms with van der Waals surface area (Å²) in [5.41, 5.74) is 3.71. The summed E-state index contributed by atoms with van der Waals surface area (Å²) in [6, 6.07) is 15.0. The van der Waals surface area contributed by atoms with Crippen molar-refractivity contribution >= 4 is 5.65 Å². The van der Waals surface area contributed by atoms with E-state index in [1.807, 2.05) is 47.2 Å². The molecular weight excluding hydrogens is 365 g/mol. The molecule has 0 unspecified atom stereocenters. The summed E-state index contributed by atoms with van der Waals surface area (Å²) in [5.74, 6) is 0.993. The molecule has 0 saturated carbocycles. The Morgan fingerprint density at radius 3 is 2.83 bits per heavy atom. The van der Waals surface area contributed by atoms with Gasteiger partial charge < -0.3 is 0 Å². The van der Waals surface area contributed by atoms with Gasteiger partial charge in [-0.3, -0.25) is 9.88 Å². The normalized spacial score (nSPS) is 17.6. The summed E-state index contributed by atoms with van der Waals surface area (Å²) >= 11 is 0. The van der Waals surface area contributed by atoms with Gasteiger partial charge in [-0.25, -0.2) is 13.9 Å². The lowest BCUT2D eigenvalue weighted by Gasteiger charge is -2.31. The lowest BCUT2D eigenvalue weighted by molar-refractivity contribution is 0.194. The Bertz CT molecular complexity index is 1120. The average molecular weight is 387 g/mol. The van der Waals surface area contributed by atoms with Gasteiger partial charge in [0.05, 0.1) is 0 Å². The van der Waals surface area contributed by atoms with Gasteiger partial charge in [-0.15, -0.1) is 0 Å². The van der Waals surface area contributed by atoms with Gasteiger partial charge >= 0.3 is 0 Å². The quantitative estimate of drug-likeness (QED) is 0.524. The molecule has 1 saturated heterocycles. The summed E-state index contributed by atoms with van der Waals surface area (Å²) in [6.07, 6.45) is 7.74. The molecular formula is C23H22FN5. The van der Waals surface area contributed by atoms with Crippen LogP contribution < -0.4 is 0 Å². The molecule has 0 radical (unpaired) electrons. The number of hydrogen-bond donors (Lipinski definition) is 0. The topological polar surface area (TPSA) is 46.3 Å². The SMILES string of the molecule is Fc1ccccc1CN1CCC[C@@H](c2nc3ccc(-c4cccnc4)cn3n2)C1. The van der Waals surface area contributed by atoms with Crippen LogP contribution in [0.2, 0.25) is 0 Å². The monoisotopic (exact) mass is 387 g/mol. The molecule has 4 aromatic rings. The van der Waals surface area contributed by atoms with E-state index in [-0.39, 0.29) is 11.7 Å². The first-order valence-electron chi connectivity index (χ1n) is 9.99. The number of nitrogens with zero attached hydrogens (tertiary/aromatic N) is 5. The molecule has 1 atom stereocenters. The maximum Gasteiger partial charge on any atom is 0.156 e. The molecule has 146 valence electrons. The van der Waals surface area contributed by atoms with Crippen molar-refractivity contribution in [3.63, 3.8) is 0 Å². The largest absolute Gasteiger partial charge is 0.298 e. The maximum absolute atomic E-state index is 14.0. The fraction of sp³-hybridized carbons (Fsp3) is 0.261. The maximum atomic E-state index is 14.0. The molecule has 1 aliphatic heterocycles. The second-order valence-corrected chi connectivity index (χ2v) is 7.60. The summed E-state index contributed by atoms with van der Waals surface area (Å²) < 4.78 is 15.9. The molecule has 1 aromatic carbocycles. The number of pyridine rings is 2. The third-order valence-corrected chi connectivity index (χ3v) is 5.56. The molecule has 0 aliphatic carbocycles. The van der Waals surface area contributed by atoms with Crippen molar-refractivity contribution in [3.8, 4) is 11.1 Å².